The van der Waals surface area contributed by atoms with Gasteiger partial charge in [-0.15, -0.1) is 0 Å². The molecule has 2 aromatic carbocycles. The van der Waals surface area contributed by atoms with Crippen LogP contribution in [0.4, 0.5) is 14.5 Å². The van der Waals surface area contributed by atoms with Gasteiger partial charge < -0.3 is 5.11 Å². The molecule has 0 unspecified atom stereocenters. The summed E-state index contributed by atoms with van der Waals surface area (Å²) in [6, 6.07) is 6.68. The maximum Gasteiger partial charge on any atom is 0.263 e. The van der Waals surface area contributed by atoms with Gasteiger partial charge in [0.1, 0.15) is 18.2 Å². The van der Waals surface area contributed by atoms with Gasteiger partial charge in [-0.05, 0) is 67.6 Å². The molecule has 3 rings (SSSR count). The van der Waals surface area contributed by atoms with E-state index in [1.54, 1.807) is 27.0 Å². The maximum atomic E-state index is 15.2. The smallest absolute Gasteiger partial charge is 0.263 e. The lowest BCUT2D eigenvalue weighted by molar-refractivity contribution is -0.114. The number of hydrogen-bond acceptors (Lipinski definition) is 5. The van der Waals surface area contributed by atoms with Gasteiger partial charge in [-0.3, -0.25) is 24.1 Å². The fourth-order valence-electron chi connectivity index (χ4n) is 3.73. The van der Waals surface area contributed by atoms with Gasteiger partial charge in [-0.2, -0.15) is 5.10 Å². The van der Waals surface area contributed by atoms with Crippen LogP contribution < -0.4 is 10.6 Å². The number of rotatable bonds is 7. The van der Waals surface area contributed by atoms with Crippen molar-refractivity contribution in [1.82, 2.24) is 9.47 Å². The van der Waals surface area contributed by atoms with Crippen molar-refractivity contribution in [1.29, 1.82) is 0 Å². The number of amides is 1. The van der Waals surface area contributed by atoms with Crippen LogP contribution in [0.1, 0.15) is 25.0 Å². The number of halogens is 2. The van der Waals surface area contributed by atoms with Crippen molar-refractivity contribution in [3.63, 3.8) is 0 Å². The fraction of sp³-hybridized carbons (Fsp3) is 0.240. The molecule has 0 aliphatic carbocycles. The first-order chi connectivity index (χ1) is 16.1. The third-order valence-corrected chi connectivity index (χ3v) is 5.52. The second kappa shape index (κ2) is 9.96. The molecule has 178 valence electrons. The summed E-state index contributed by atoms with van der Waals surface area (Å²) < 4.78 is 30.2. The van der Waals surface area contributed by atoms with Gasteiger partial charge in [0, 0.05) is 25.4 Å². The first-order valence-electron chi connectivity index (χ1n) is 10.6. The number of hydrogen-bond donors (Lipinski definition) is 1. The van der Waals surface area contributed by atoms with Crippen molar-refractivity contribution in [3.05, 3.63) is 76.2 Å². The Bertz CT molecular complexity index is 1360. The van der Waals surface area contributed by atoms with E-state index in [2.05, 4.69) is 11.7 Å². The number of pyridine rings is 1. The van der Waals surface area contributed by atoms with E-state index in [4.69, 9.17) is 0 Å². The monoisotopic (exact) mass is 468 g/mol. The Morgan fingerprint density at radius 1 is 1.24 bits per heavy atom. The molecular formula is C25H26F2N4O3. The Kier molecular flexibility index (Phi) is 7.26. The Hall–Kier alpha value is -3.85. The molecule has 0 fully saturated rings. The van der Waals surface area contributed by atoms with Gasteiger partial charge in [0.25, 0.3) is 5.56 Å². The molecule has 0 saturated carbocycles. The van der Waals surface area contributed by atoms with E-state index in [1.807, 2.05) is 0 Å². The van der Waals surface area contributed by atoms with Crippen molar-refractivity contribution in [2.45, 2.75) is 20.8 Å². The van der Waals surface area contributed by atoms with E-state index in [1.165, 1.54) is 45.8 Å². The average Bonchev–Trinajstić information content (AvgIpc) is 2.79. The molecule has 3 aromatic rings. The quantitative estimate of drug-likeness (QED) is 0.247. The van der Waals surface area contributed by atoms with Gasteiger partial charge in [0.05, 0.1) is 16.8 Å². The SMILES string of the molecule is C=C(C)c1cn(-c2ccc(F)cc2C)c(=O)c2cc(F)c(N(C)/N=C(/CO)N(C=O)CC)cc12. The second-order valence-corrected chi connectivity index (χ2v) is 7.87. The lowest BCUT2D eigenvalue weighted by atomic mass is 10.0. The number of fused-ring (bicyclic) bond motifs is 1. The number of amidine groups is 1. The molecule has 9 heteroatoms. The molecule has 7 nitrogen and oxygen atoms in total. The first kappa shape index (κ1) is 24.8. The summed E-state index contributed by atoms with van der Waals surface area (Å²) in [5.74, 6) is -1.10. The Labute approximate surface area is 195 Å². The predicted octanol–water partition coefficient (Wildman–Crippen LogP) is 3.83. The van der Waals surface area contributed by atoms with Crippen LogP contribution in [0.15, 0.2) is 53.0 Å². The highest BCUT2D eigenvalue weighted by Crippen LogP contribution is 2.30. The summed E-state index contributed by atoms with van der Waals surface area (Å²) in [5.41, 5.74) is 1.83. The summed E-state index contributed by atoms with van der Waals surface area (Å²) in [5, 5.41) is 15.5. The van der Waals surface area contributed by atoms with Crippen LogP contribution in [-0.4, -0.2) is 47.0 Å². The van der Waals surface area contributed by atoms with Gasteiger partial charge in [0.2, 0.25) is 6.41 Å². The molecule has 1 aromatic heterocycles. The number of hydrazone groups is 1. The standard InChI is InChI=1S/C25H26F2N4O3/c1-6-30(14-33)24(13-32)28-29(5)23-11-18-19(10-21(23)27)25(34)31(12-20(18)15(2)3)22-8-7-17(26)9-16(22)4/h7-12,14,32H,2,6,13H2,1,3-5H3/b28-24-. The molecule has 0 saturated heterocycles. The fourth-order valence-corrected chi connectivity index (χ4v) is 3.73. The van der Waals surface area contributed by atoms with Crippen LogP contribution in [0.3, 0.4) is 0 Å². The molecule has 0 bridgehead atoms. The van der Waals surface area contributed by atoms with Crippen molar-refractivity contribution >= 4 is 34.3 Å². The van der Waals surface area contributed by atoms with Crippen LogP contribution in [0.25, 0.3) is 22.0 Å². The molecular weight excluding hydrogens is 442 g/mol. The minimum absolute atomic E-state index is 0.0398. The number of carbonyl (C=O) groups is 1. The number of aliphatic hydroxyl groups is 1. The van der Waals surface area contributed by atoms with Gasteiger partial charge in [-0.25, -0.2) is 8.78 Å². The minimum atomic E-state index is -0.719. The molecule has 1 heterocycles. The number of aryl methyl sites for hydroxylation is 1. The van der Waals surface area contributed by atoms with Crippen LogP contribution in [-0.2, 0) is 4.79 Å². The molecule has 0 aliphatic rings. The Morgan fingerprint density at radius 2 is 1.94 bits per heavy atom. The molecule has 0 spiro atoms. The summed E-state index contributed by atoms with van der Waals surface area (Å²) in [6.45, 7) is 8.90. The van der Waals surface area contributed by atoms with Crippen molar-refractivity contribution < 1.29 is 18.7 Å². The maximum absolute atomic E-state index is 15.2. The molecule has 0 radical (unpaired) electrons. The van der Waals surface area contributed by atoms with Crippen LogP contribution in [0.2, 0.25) is 0 Å². The van der Waals surface area contributed by atoms with E-state index in [0.717, 1.165) is 6.07 Å². The third-order valence-electron chi connectivity index (χ3n) is 5.52. The lowest BCUT2D eigenvalue weighted by Crippen LogP contribution is -2.34. The van der Waals surface area contributed by atoms with Crippen LogP contribution in [0.5, 0.6) is 0 Å². The van der Waals surface area contributed by atoms with Gasteiger partial charge >= 0.3 is 0 Å². The molecule has 0 atom stereocenters. The molecule has 34 heavy (non-hydrogen) atoms. The normalized spacial score (nSPS) is 11.6. The highest BCUT2D eigenvalue weighted by molar-refractivity contribution is 5.96. The minimum Gasteiger partial charge on any atom is -0.388 e. The first-order valence-corrected chi connectivity index (χ1v) is 10.6. The van der Waals surface area contributed by atoms with E-state index in [-0.39, 0.29) is 23.5 Å². The summed E-state index contributed by atoms with van der Waals surface area (Å²) in [7, 11) is 1.47. The number of benzene rings is 2. The number of likely N-dealkylation sites (N-methyl/N-ethyl adjacent to an activating group) is 1. The van der Waals surface area contributed by atoms with E-state index in [0.29, 0.717) is 34.2 Å². The number of aliphatic hydroxyl groups excluding tert-OH is 1. The zero-order valence-electron chi connectivity index (χ0n) is 19.5. The van der Waals surface area contributed by atoms with Gasteiger partial charge in [0.15, 0.2) is 5.84 Å². The van der Waals surface area contributed by atoms with Crippen LogP contribution in [0, 0.1) is 18.6 Å². The van der Waals surface area contributed by atoms with Crippen molar-refractivity contribution in [2.24, 2.45) is 5.10 Å². The summed E-state index contributed by atoms with van der Waals surface area (Å²) >= 11 is 0. The average molecular weight is 469 g/mol. The Balaban J connectivity index is 2.26. The zero-order chi connectivity index (χ0) is 25.2. The van der Waals surface area contributed by atoms with E-state index >= 15 is 4.39 Å². The largest absolute Gasteiger partial charge is 0.388 e. The predicted molar refractivity (Wildman–Crippen MR) is 130 cm³/mol. The number of aromatic nitrogens is 1. The number of allylic oxidation sites excluding steroid dienone is 1. The lowest BCUT2D eigenvalue weighted by Gasteiger charge is -2.21. The summed E-state index contributed by atoms with van der Waals surface area (Å²) in [4.78, 5) is 25.7. The van der Waals surface area contributed by atoms with Gasteiger partial charge in [-0.1, -0.05) is 6.58 Å². The highest BCUT2D eigenvalue weighted by atomic mass is 19.1. The van der Waals surface area contributed by atoms with Crippen LogP contribution >= 0.6 is 0 Å². The topological polar surface area (TPSA) is 78.1 Å². The van der Waals surface area contributed by atoms with Crippen molar-refractivity contribution in [2.75, 3.05) is 25.2 Å². The highest BCUT2D eigenvalue weighted by Gasteiger charge is 2.18. The van der Waals surface area contributed by atoms with Crippen molar-refractivity contribution in [3.8, 4) is 5.69 Å². The Morgan fingerprint density at radius 3 is 2.50 bits per heavy atom. The second-order valence-electron chi connectivity index (χ2n) is 7.87. The summed E-state index contributed by atoms with van der Waals surface area (Å²) in [6.07, 6.45) is 2.13. The molecule has 1 N–H and O–H groups in total. The zero-order valence-corrected chi connectivity index (χ0v) is 19.5. The van der Waals surface area contributed by atoms with E-state index < -0.39 is 23.8 Å². The molecule has 1 amide bonds. The number of nitrogens with zero attached hydrogens (tertiary/aromatic N) is 4. The number of carbonyl (C=O) groups excluding carboxylic acids is 1. The third kappa shape index (κ3) is 4.60. The number of anilines is 1. The molecule has 0 aliphatic heterocycles. The van der Waals surface area contributed by atoms with E-state index in [9.17, 15) is 19.1 Å².